The largest absolute Gasteiger partial charge is 0.388 e. The number of hydrogen-bond donors (Lipinski definition) is 1. The molecule has 4 nitrogen and oxygen atoms in total. The zero-order valence-corrected chi connectivity index (χ0v) is 13.1. The third-order valence-electron chi connectivity index (χ3n) is 4.06. The SMILES string of the molecule is O=C(C[C@H]1OC[C@@H](O)[C@H]1OCc1ccccc1)c1ccc(F)cc1. The molecule has 0 radical (unpaired) electrons. The molecule has 126 valence electrons. The van der Waals surface area contributed by atoms with Crippen molar-refractivity contribution in [3.8, 4) is 0 Å². The molecule has 0 bridgehead atoms. The Bertz CT molecular complexity index is 672. The van der Waals surface area contributed by atoms with E-state index in [4.69, 9.17) is 9.47 Å². The van der Waals surface area contributed by atoms with Crippen molar-refractivity contribution in [3.05, 3.63) is 71.5 Å². The van der Waals surface area contributed by atoms with Crippen LogP contribution in [0.1, 0.15) is 22.3 Å². The second-order valence-electron chi connectivity index (χ2n) is 5.83. The molecular formula is C19H19FO4. The molecular weight excluding hydrogens is 311 g/mol. The van der Waals surface area contributed by atoms with Gasteiger partial charge in [-0.2, -0.15) is 0 Å². The Morgan fingerprint density at radius 3 is 2.58 bits per heavy atom. The molecule has 24 heavy (non-hydrogen) atoms. The van der Waals surface area contributed by atoms with Gasteiger partial charge in [0.25, 0.3) is 0 Å². The molecule has 3 atom stereocenters. The molecule has 5 heteroatoms. The Kier molecular flexibility index (Phi) is 5.35. The summed E-state index contributed by atoms with van der Waals surface area (Å²) in [5.74, 6) is -0.550. The normalized spacial score (nSPS) is 23.3. The van der Waals surface area contributed by atoms with Crippen LogP contribution in [-0.4, -0.2) is 35.8 Å². The van der Waals surface area contributed by atoms with Gasteiger partial charge in [-0.1, -0.05) is 30.3 Å². The van der Waals surface area contributed by atoms with E-state index in [0.717, 1.165) is 5.56 Å². The highest BCUT2D eigenvalue weighted by molar-refractivity contribution is 5.96. The second-order valence-corrected chi connectivity index (χ2v) is 5.83. The third-order valence-corrected chi connectivity index (χ3v) is 4.06. The fourth-order valence-corrected chi connectivity index (χ4v) is 2.76. The average Bonchev–Trinajstić information content (AvgIpc) is 2.94. The monoisotopic (exact) mass is 330 g/mol. The lowest BCUT2D eigenvalue weighted by atomic mass is 10.0. The average molecular weight is 330 g/mol. The number of benzene rings is 2. The smallest absolute Gasteiger partial charge is 0.165 e. The molecule has 3 rings (SSSR count). The van der Waals surface area contributed by atoms with Crippen LogP contribution >= 0.6 is 0 Å². The lowest BCUT2D eigenvalue weighted by molar-refractivity contribution is -0.0459. The van der Waals surface area contributed by atoms with E-state index in [-0.39, 0.29) is 24.6 Å². The van der Waals surface area contributed by atoms with E-state index in [9.17, 15) is 14.3 Å². The summed E-state index contributed by atoms with van der Waals surface area (Å²) < 4.78 is 24.2. The van der Waals surface area contributed by atoms with Crippen molar-refractivity contribution in [1.82, 2.24) is 0 Å². The maximum absolute atomic E-state index is 12.9. The van der Waals surface area contributed by atoms with Gasteiger partial charge in [0.15, 0.2) is 5.78 Å². The van der Waals surface area contributed by atoms with Crippen molar-refractivity contribution < 1.29 is 23.8 Å². The molecule has 1 heterocycles. The summed E-state index contributed by atoms with van der Waals surface area (Å²) in [6.07, 6.45) is -1.75. The zero-order valence-electron chi connectivity index (χ0n) is 13.1. The third kappa shape index (κ3) is 4.06. The maximum atomic E-state index is 12.9. The van der Waals surface area contributed by atoms with E-state index in [1.54, 1.807) is 0 Å². The van der Waals surface area contributed by atoms with Crippen molar-refractivity contribution in [1.29, 1.82) is 0 Å². The van der Waals surface area contributed by atoms with Gasteiger partial charge in [0, 0.05) is 12.0 Å². The highest BCUT2D eigenvalue weighted by Gasteiger charge is 2.38. The first-order valence-corrected chi connectivity index (χ1v) is 7.87. The molecule has 1 aliphatic rings. The van der Waals surface area contributed by atoms with Crippen LogP contribution in [0.5, 0.6) is 0 Å². The van der Waals surface area contributed by atoms with Crippen LogP contribution in [0.15, 0.2) is 54.6 Å². The van der Waals surface area contributed by atoms with E-state index in [1.165, 1.54) is 24.3 Å². The van der Waals surface area contributed by atoms with Gasteiger partial charge in [-0.25, -0.2) is 4.39 Å². The first-order valence-electron chi connectivity index (χ1n) is 7.87. The second kappa shape index (κ2) is 7.66. The van der Waals surface area contributed by atoms with E-state index in [0.29, 0.717) is 12.2 Å². The minimum absolute atomic E-state index is 0.0855. The van der Waals surface area contributed by atoms with Crippen LogP contribution in [0.4, 0.5) is 4.39 Å². The van der Waals surface area contributed by atoms with Crippen LogP contribution in [0.3, 0.4) is 0 Å². The molecule has 0 aliphatic carbocycles. The number of aliphatic hydroxyl groups excluding tert-OH is 1. The van der Waals surface area contributed by atoms with Crippen molar-refractivity contribution >= 4 is 5.78 Å². The number of ketones is 1. The summed E-state index contributed by atoms with van der Waals surface area (Å²) in [4.78, 5) is 12.3. The zero-order chi connectivity index (χ0) is 16.9. The van der Waals surface area contributed by atoms with Crippen LogP contribution in [0.2, 0.25) is 0 Å². The Balaban J connectivity index is 1.61. The topological polar surface area (TPSA) is 55.8 Å². The summed E-state index contributed by atoms with van der Waals surface area (Å²) in [6, 6.07) is 15.0. The van der Waals surface area contributed by atoms with Gasteiger partial charge in [0.2, 0.25) is 0 Å². The number of hydrogen-bond acceptors (Lipinski definition) is 4. The number of halogens is 1. The van der Waals surface area contributed by atoms with E-state index < -0.39 is 18.3 Å². The fraction of sp³-hybridized carbons (Fsp3) is 0.316. The molecule has 2 aromatic carbocycles. The van der Waals surface area contributed by atoms with Gasteiger partial charge < -0.3 is 14.6 Å². The fourth-order valence-electron chi connectivity index (χ4n) is 2.76. The van der Waals surface area contributed by atoms with Crippen molar-refractivity contribution in [2.24, 2.45) is 0 Å². The first-order chi connectivity index (χ1) is 11.6. The lowest BCUT2D eigenvalue weighted by Gasteiger charge is -2.20. The molecule has 1 fully saturated rings. The predicted molar refractivity (Wildman–Crippen MR) is 86.1 cm³/mol. The van der Waals surface area contributed by atoms with Gasteiger partial charge in [-0.05, 0) is 29.8 Å². The van der Waals surface area contributed by atoms with Gasteiger partial charge in [-0.15, -0.1) is 0 Å². The number of rotatable bonds is 6. The summed E-state index contributed by atoms with van der Waals surface area (Å²) in [5, 5.41) is 10.0. The van der Waals surface area contributed by atoms with Crippen molar-refractivity contribution in [2.75, 3.05) is 6.61 Å². The molecule has 0 saturated carbocycles. The summed E-state index contributed by atoms with van der Waals surface area (Å²) in [5.41, 5.74) is 1.41. The molecule has 0 spiro atoms. The van der Waals surface area contributed by atoms with Gasteiger partial charge in [-0.3, -0.25) is 4.79 Å². The summed E-state index contributed by atoms with van der Waals surface area (Å²) in [7, 11) is 0. The number of carbonyl (C=O) groups excluding carboxylic acids is 1. The quantitative estimate of drug-likeness (QED) is 0.828. The molecule has 0 unspecified atom stereocenters. The Hall–Kier alpha value is -2.08. The Labute approximate surface area is 139 Å². The van der Waals surface area contributed by atoms with Crippen molar-refractivity contribution in [3.63, 3.8) is 0 Å². The van der Waals surface area contributed by atoms with Crippen LogP contribution in [-0.2, 0) is 16.1 Å². The first kappa shape index (κ1) is 16.8. The van der Waals surface area contributed by atoms with Crippen molar-refractivity contribution in [2.45, 2.75) is 31.3 Å². The minimum Gasteiger partial charge on any atom is -0.388 e. The number of ether oxygens (including phenoxy) is 2. The number of Topliss-reactive ketones (excluding diaryl/α,β-unsaturated/α-hetero) is 1. The maximum Gasteiger partial charge on any atom is 0.165 e. The lowest BCUT2D eigenvalue weighted by Crippen LogP contribution is -2.34. The number of carbonyl (C=O) groups is 1. The standard InChI is InChI=1S/C19H19FO4/c20-15-8-6-14(7-9-15)16(21)10-18-19(17(22)12-23-18)24-11-13-4-2-1-3-5-13/h1-9,17-19,22H,10-12H2/t17-,18-,19-/m1/s1. The molecule has 1 aliphatic heterocycles. The predicted octanol–water partition coefficient (Wildman–Crippen LogP) is 2.74. The highest BCUT2D eigenvalue weighted by atomic mass is 19.1. The van der Waals surface area contributed by atoms with E-state index >= 15 is 0 Å². The highest BCUT2D eigenvalue weighted by Crippen LogP contribution is 2.23. The van der Waals surface area contributed by atoms with Crippen LogP contribution in [0.25, 0.3) is 0 Å². The summed E-state index contributed by atoms with van der Waals surface area (Å²) in [6.45, 7) is 0.480. The van der Waals surface area contributed by atoms with Gasteiger partial charge in [0.1, 0.15) is 18.0 Å². The van der Waals surface area contributed by atoms with Gasteiger partial charge >= 0.3 is 0 Å². The minimum atomic E-state index is -0.764. The Morgan fingerprint density at radius 1 is 1.17 bits per heavy atom. The molecule has 2 aromatic rings. The Morgan fingerprint density at radius 2 is 1.88 bits per heavy atom. The van der Waals surface area contributed by atoms with Crippen LogP contribution in [0, 0.1) is 5.82 Å². The van der Waals surface area contributed by atoms with E-state index in [1.807, 2.05) is 30.3 Å². The molecule has 1 saturated heterocycles. The molecule has 1 N–H and O–H groups in total. The molecule has 0 amide bonds. The van der Waals surface area contributed by atoms with E-state index in [2.05, 4.69) is 0 Å². The molecule has 0 aromatic heterocycles. The van der Waals surface area contributed by atoms with Crippen LogP contribution < -0.4 is 0 Å². The summed E-state index contributed by atoms with van der Waals surface area (Å²) >= 11 is 0. The number of aliphatic hydroxyl groups is 1. The van der Waals surface area contributed by atoms with Gasteiger partial charge in [0.05, 0.1) is 19.3 Å².